The highest BCUT2D eigenvalue weighted by molar-refractivity contribution is 6.30. The molecule has 0 saturated carbocycles. The molecule has 2 heteroatoms. The fraction of sp³-hybridized carbons (Fsp3) is 0.294. The molecule has 0 spiro atoms. The van der Waals surface area contributed by atoms with Gasteiger partial charge in [-0.2, -0.15) is 0 Å². The second kappa shape index (κ2) is 6.23. The van der Waals surface area contributed by atoms with E-state index in [-0.39, 0.29) is 6.04 Å². The second-order valence-electron chi connectivity index (χ2n) is 4.90. The number of halogens is 1. The lowest BCUT2D eigenvalue weighted by atomic mass is 9.93. The summed E-state index contributed by atoms with van der Waals surface area (Å²) in [7, 11) is 0. The molecule has 0 saturated heterocycles. The van der Waals surface area contributed by atoms with Gasteiger partial charge in [-0.25, -0.2) is 0 Å². The van der Waals surface area contributed by atoms with Crippen LogP contribution in [0.3, 0.4) is 0 Å². The van der Waals surface area contributed by atoms with E-state index in [0.29, 0.717) is 0 Å². The monoisotopic (exact) mass is 273 g/mol. The second-order valence-corrected chi connectivity index (χ2v) is 5.34. The Kier molecular flexibility index (Phi) is 4.62. The Morgan fingerprint density at radius 2 is 1.74 bits per heavy atom. The molecule has 100 valence electrons. The van der Waals surface area contributed by atoms with Crippen LogP contribution in [-0.2, 0) is 0 Å². The van der Waals surface area contributed by atoms with Gasteiger partial charge in [0.15, 0.2) is 0 Å². The van der Waals surface area contributed by atoms with E-state index >= 15 is 0 Å². The third kappa shape index (κ3) is 3.37. The predicted molar refractivity (Wildman–Crippen MR) is 82.9 cm³/mol. The Labute approximate surface area is 120 Å². The molecule has 0 aromatic heterocycles. The lowest BCUT2D eigenvalue weighted by Crippen LogP contribution is -2.22. The van der Waals surface area contributed by atoms with Crippen molar-refractivity contribution in [2.24, 2.45) is 0 Å². The number of rotatable bonds is 4. The van der Waals surface area contributed by atoms with Crippen molar-refractivity contribution < 1.29 is 0 Å². The van der Waals surface area contributed by atoms with Crippen LogP contribution in [0.4, 0.5) is 0 Å². The molecule has 0 aliphatic carbocycles. The highest BCUT2D eigenvalue weighted by atomic mass is 35.5. The van der Waals surface area contributed by atoms with E-state index in [4.69, 9.17) is 11.6 Å². The van der Waals surface area contributed by atoms with Gasteiger partial charge in [0, 0.05) is 5.02 Å². The predicted octanol–water partition coefficient (Wildman–Crippen LogP) is 4.66. The minimum atomic E-state index is 0.224. The topological polar surface area (TPSA) is 12.0 Å². The maximum absolute atomic E-state index is 5.98. The van der Waals surface area contributed by atoms with Crippen LogP contribution in [-0.4, -0.2) is 6.54 Å². The summed E-state index contributed by atoms with van der Waals surface area (Å²) < 4.78 is 0. The van der Waals surface area contributed by atoms with Crippen LogP contribution in [0.2, 0.25) is 5.02 Å². The van der Waals surface area contributed by atoms with Crippen molar-refractivity contribution in [1.29, 1.82) is 0 Å². The quantitative estimate of drug-likeness (QED) is 0.855. The van der Waals surface area contributed by atoms with Gasteiger partial charge in [0.2, 0.25) is 0 Å². The Balaban J connectivity index is 2.44. The molecule has 0 aliphatic heterocycles. The summed E-state index contributed by atoms with van der Waals surface area (Å²) in [5, 5.41) is 4.34. The summed E-state index contributed by atoms with van der Waals surface area (Å²) in [6.45, 7) is 7.36. The van der Waals surface area contributed by atoms with Crippen LogP contribution in [0.15, 0.2) is 42.5 Å². The highest BCUT2D eigenvalue weighted by Gasteiger charge is 2.15. The molecule has 0 bridgehead atoms. The summed E-state index contributed by atoms with van der Waals surface area (Å²) in [4.78, 5) is 0. The first-order valence-electron chi connectivity index (χ1n) is 6.68. The van der Waals surface area contributed by atoms with Crippen molar-refractivity contribution in [3.05, 3.63) is 69.7 Å². The third-order valence-electron chi connectivity index (χ3n) is 3.36. The third-order valence-corrected chi connectivity index (χ3v) is 3.61. The van der Waals surface area contributed by atoms with Gasteiger partial charge in [0.1, 0.15) is 0 Å². The molecule has 0 aliphatic rings. The molecule has 19 heavy (non-hydrogen) atoms. The molecule has 2 rings (SSSR count). The largest absolute Gasteiger partial charge is 0.307 e. The standard InChI is InChI=1S/C17H20ClN/c1-4-19-17(14-7-9-15(18)10-8-14)16-11-12(2)5-6-13(16)3/h5-11,17,19H,4H2,1-3H3. The average Bonchev–Trinajstić information content (AvgIpc) is 2.40. The highest BCUT2D eigenvalue weighted by Crippen LogP contribution is 2.26. The molecule has 2 aromatic rings. The van der Waals surface area contributed by atoms with E-state index in [9.17, 15) is 0 Å². The van der Waals surface area contributed by atoms with Crippen LogP contribution in [0.1, 0.15) is 35.2 Å². The van der Waals surface area contributed by atoms with Crippen molar-refractivity contribution in [1.82, 2.24) is 5.32 Å². The zero-order chi connectivity index (χ0) is 13.8. The molecule has 0 heterocycles. The van der Waals surface area contributed by atoms with E-state index in [1.54, 1.807) is 0 Å². The summed E-state index contributed by atoms with van der Waals surface area (Å²) >= 11 is 5.98. The van der Waals surface area contributed by atoms with Gasteiger partial charge in [-0.3, -0.25) is 0 Å². The molecule has 0 fully saturated rings. The van der Waals surface area contributed by atoms with E-state index in [2.05, 4.69) is 56.4 Å². The van der Waals surface area contributed by atoms with Gasteiger partial charge in [-0.05, 0) is 49.2 Å². The van der Waals surface area contributed by atoms with Crippen LogP contribution in [0.25, 0.3) is 0 Å². The first-order valence-corrected chi connectivity index (χ1v) is 7.05. The zero-order valence-corrected chi connectivity index (χ0v) is 12.5. The molecule has 1 atom stereocenters. The zero-order valence-electron chi connectivity index (χ0n) is 11.7. The fourth-order valence-corrected chi connectivity index (χ4v) is 2.46. The maximum atomic E-state index is 5.98. The molecule has 0 radical (unpaired) electrons. The maximum Gasteiger partial charge on any atom is 0.0579 e. The van der Waals surface area contributed by atoms with E-state index < -0.39 is 0 Å². The summed E-state index contributed by atoms with van der Waals surface area (Å²) in [6, 6.07) is 14.9. The lowest BCUT2D eigenvalue weighted by Gasteiger charge is -2.21. The number of aryl methyl sites for hydroxylation is 2. The van der Waals surface area contributed by atoms with Crippen LogP contribution in [0.5, 0.6) is 0 Å². The molecule has 0 amide bonds. The van der Waals surface area contributed by atoms with Crippen LogP contribution >= 0.6 is 11.6 Å². The molecular formula is C17H20ClN. The Hall–Kier alpha value is -1.31. The average molecular weight is 274 g/mol. The van der Waals surface area contributed by atoms with Crippen LogP contribution < -0.4 is 5.32 Å². The SMILES string of the molecule is CCNC(c1ccc(Cl)cc1)c1cc(C)ccc1C. The normalized spacial score (nSPS) is 12.4. The number of nitrogens with one attached hydrogen (secondary N) is 1. The molecule has 1 nitrogen and oxygen atoms in total. The summed E-state index contributed by atoms with van der Waals surface area (Å²) in [6.07, 6.45) is 0. The molecule has 1 unspecified atom stereocenters. The Bertz CT molecular complexity index is 546. The van der Waals surface area contributed by atoms with E-state index in [0.717, 1.165) is 11.6 Å². The van der Waals surface area contributed by atoms with Crippen molar-refractivity contribution in [2.75, 3.05) is 6.54 Å². The van der Waals surface area contributed by atoms with Gasteiger partial charge in [0.25, 0.3) is 0 Å². The molecule has 1 N–H and O–H groups in total. The van der Waals surface area contributed by atoms with Gasteiger partial charge >= 0.3 is 0 Å². The van der Waals surface area contributed by atoms with Crippen LogP contribution in [0, 0.1) is 13.8 Å². The number of benzene rings is 2. The Morgan fingerprint density at radius 3 is 2.37 bits per heavy atom. The van der Waals surface area contributed by atoms with E-state index in [1.807, 2.05) is 12.1 Å². The fourth-order valence-electron chi connectivity index (χ4n) is 2.34. The van der Waals surface area contributed by atoms with Crippen molar-refractivity contribution >= 4 is 11.6 Å². The molecule has 2 aromatic carbocycles. The van der Waals surface area contributed by atoms with Gasteiger partial charge < -0.3 is 5.32 Å². The van der Waals surface area contributed by atoms with Gasteiger partial charge in [-0.15, -0.1) is 0 Å². The molecular weight excluding hydrogens is 254 g/mol. The smallest absolute Gasteiger partial charge is 0.0579 e. The number of hydrogen-bond donors (Lipinski definition) is 1. The van der Waals surface area contributed by atoms with Gasteiger partial charge in [-0.1, -0.05) is 54.4 Å². The minimum absolute atomic E-state index is 0.224. The minimum Gasteiger partial charge on any atom is -0.307 e. The lowest BCUT2D eigenvalue weighted by molar-refractivity contribution is 0.627. The van der Waals surface area contributed by atoms with Crippen molar-refractivity contribution in [3.63, 3.8) is 0 Å². The first-order chi connectivity index (χ1) is 9.11. The number of hydrogen-bond acceptors (Lipinski definition) is 1. The summed E-state index contributed by atoms with van der Waals surface area (Å²) in [5.41, 5.74) is 5.19. The van der Waals surface area contributed by atoms with Crippen molar-refractivity contribution in [2.45, 2.75) is 26.8 Å². The summed E-state index contributed by atoms with van der Waals surface area (Å²) in [5.74, 6) is 0. The Morgan fingerprint density at radius 1 is 1.05 bits per heavy atom. The first kappa shape index (κ1) is 14.1. The van der Waals surface area contributed by atoms with Crippen molar-refractivity contribution in [3.8, 4) is 0 Å². The van der Waals surface area contributed by atoms with Gasteiger partial charge in [0.05, 0.1) is 6.04 Å². The van der Waals surface area contributed by atoms with E-state index in [1.165, 1.54) is 22.3 Å².